The fraction of sp³-hybridized carbons (Fsp3) is 0.733. The molecule has 8 heteroatoms. The number of nitrogens with zero attached hydrogens (tertiary/aromatic N) is 3. The zero-order valence-corrected chi connectivity index (χ0v) is 15.7. The van der Waals surface area contributed by atoms with Gasteiger partial charge in [0.1, 0.15) is 10.7 Å². The van der Waals surface area contributed by atoms with Crippen LogP contribution < -0.4 is 5.73 Å². The number of rotatable bonds is 3. The van der Waals surface area contributed by atoms with E-state index < -0.39 is 0 Å². The topological polar surface area (TPSA) is 62.5 Å². The van der Waals surface area contributed by atoms with Crippen molar-refractivity contribution >= 4 is 42.1 Å². The molecule has 2 fully saturated rings. The molecule has 132 valence electrons. The first-order valence-electron chi connectivity index (χ1n) is 7.95. The molecule has 2 aliphatic rings. The monoisotopic (exact) mass is 380 g/mol. The van der Waals surface area contributed by atoms with Crippen LogP contribution in [0.2, 0.25) is 0 Å². The molecule has 1 aromatic rings. The molecule has 0 aromatic carbocycles. The summed E-state index contributed by atoms with van der Waals surface area (Å²) >= 11 is 1.47. The minimum Gasteiger partial charge on any atom is -0.336 e. The Morgan fingerprint density at radius 1 is 1.17 bits per heavy atom. The summed E-state index contributed by atoms with van der Waals surface area (Å²) in [6.45, 7) is 4.21. The largest absolute Gasteiger partial charge is 0.336 e. The lowest BCUT2D eigenvalue weighted by Gasteiger charge is -2.27. The Morgan fingerprint density at radius 3 is 2.57 bits per heavy atom. The van der Waals surface area contributed by atoms with Crippen molar-refractivity contribution in [2.75, 3.05) is 26.2 Å². The van der Waals surface area contributed by atoms with Crippen LogP contribution in [-0.2, 0) is 6.54 Å². The van der Waals surface area contributed by atoms with Gasteiger partial charge in [-0.25, -0.2) is 4.98 Å². The Balaban J connectivity index is 0.00000132. The third-order valence-corrected chi connectivity index (χ3v) is 5.48. The van der Waals surface area contributed by atoms with Crippen molar-refractivity contribution in [1.82, 2.24) is 14.8 Å². The van der Waals surface area contributed by atoms with Crippen LogP contribution in [-0.4, -0.2) is 52.9 Å². The van der Waals surface area contributed by atoms with E-state index in [4.69, 9.17) is 5.73 Å². The lowest BCUT2D eigenvalue weighted by molar-refractivity contribution is 0.0753. The van der Waals surface area contributed by atoms with Gasteiger partial charge < -0.3 is 10.6 Å². The lowest BCUT2D eigenvalue weighted by atomic mass is 10.2. The van der Waals surface area contributed by atoms with Crippen molar-refractivity contribution in [3.63, 3.8) is 0 Å². The van der Waals surface area contributed by atoms with E-state index in [1.165, 1.54) is 37.0 Å². The third kappa shape index (κ3) is 5.03. The van der Waals surface area contributed by atoms with Crippen molar-refractivity contribution in [3.05, 3.63) is 16.1 Å². The summed E-state index contributed by atoms with van der Waals surface area (Å²) in [7, 11) is 0. The number of amides is 1. The van der Waals surface area contributed by atoms with Gasteiger partial charge in [0.25, 0.3) is 5.91 Å². The number of hydrogen-bond donors (Lipinski definition) is 1. The van der Waals surface area contributed by atoms with E-state index in [1.807, 2.05) is 10.3 Å². The molecule has 2 N–H and O–H groups in total. The molecule has 23 heavy (non-hydrogen) atoms. The van der Waals surface area contributed by atoms with Gasteiger partial charge in [-0.15, -0.1) is 36.2 Å². The zero-order chi connectivity index (χ0) is 14.7. The van der Waals surface area contributed by atoms with Crippen LogP contribution in [0.4, 0.5) is 0 Å². The second kappa shape index (κ2) is 9.79. The quantitative estimate of drug-likeness (QED) is 0.874. The summed E-state index contributed by atoms with van der Waals surface area (Å²) in [5.41, 5.74) is 6.14. The summed E-state index contributed by atoms with van der Waals surface area (Å²) in [6.07, 6.45) is 6.46. The second-order valence-corrected chi connectivity index (χ2v) is 6.89. The molecule has 1 amide bonds. The van der Waals surface area contributed by atoms with Crippen molar-refractivity contribution in [3.8, 4) is 0 Å². The van der Waals surface area contributed by atoms with Gasteiger partial charge in [-0.3, -0.25) is 9.69 Å². The molecule has 0 spiro atoms. The highest BCUT2D eigenvalue weighted by molar-refractivity contribution is 7.09. The highest BCUT2D eigenvalue weighted by Gasteiger charge is 2.27. The zero-order valence-electron chi connectivity index (χ0n) is 13.3. The molecule has 1 aliphatic heterocycles. The van der Waals surface area contributed by atoms with Gasteiger partial charge in [-0.1, -0.05) is 12.8 Å². The molecule has 1 saturated carbocycles. The fourth-order valence-electron chi connectivity index (χ4n) is 3.44. The molecular weight excluding hydrogens is 355 g/mol. The van der Waals surface area contributed by atoms with Crippen LogP contribution in [0, 0.1) is 0 Å². The first kappa shape index (κ1) is 20.6. The molecule has 5 nitrogen and oxygen atoms in total. The van der Waals surface area contributed by atoms with Gasteiger partial charge in [-0.2, -0.15) is 0 Å². The number of aromatic nitrogens is 1. The third-order valence-electron chi connectivity index (χ3n) is 4.60. The van der Waals surface area contributed by atoms with E-state index in [0.717, 1.165) is 43.6 Å². The van der Waals surface area contributed by atoms with Crippen LogP contribution in [0.1, 0.15) is 47.6 Å². The summed E-state index contributed by atoms with van der Waals surface area (Å²) in [4.78, 5) is 21.4. The van der Waals surface area contributed by atoms with Gasteiger partial charge in [0.15, 0.2) is 0 Å². The van der Waals surface area contributed by atoms with Crippen LogP contribution in [0.25, 0.3) is 0 Å². The number of nitrogens with two attached hydrogens (primary N) is 1. The summed E-state index contributed by atoms with van der Waals surface area (Å²) < 4.78 is 0. The van der Waals surface area contributed by atoms with Gasteiger partial charge in [0.05, 0.1) is 0 Å². The molecular formula is C15H26Cl2N4OS. The maximum Gasteiger partial charge on any atom is 0.273 e. The first-order valence-corrected chi connectivity index (χ1v) is 8.83. The molecule has 2 heterocycles. The minimum absolute atomic E-state index is 0. The van der Waals surface area contributed by atoms with Crippen LogP contribution in [0.15, 0.2) is 5.38 Å². The SMILES string of the molecule is Cl.Cl.NCc1nc(C(=O)N2CCCN(C3CCCC3)CC2)cs1. The normalized spacial score (nSPS) is 19.8. The van der Waals surface area contributed by atoms with E-state index in [1.54, 1.807) is 0 Å². The van der Waals surface area contributed by atoms with Crippen molar-refractivity contribution in [2.45, 2.75) is 44.7 Å². The standard InChI is InChI=1S/C15H24N4OS.2ClH/c16-10-14-17-13(11-21-14)15(20)19-7-3-6-18(8-9-19)12-4-1-2-5-12;;/h11-12H,1-10,16H2;2*1H. The van der Waals surface area contributed by atoms with Crippen LogP contribution in [0.5, 0.6) is 0 Å². The summed E-state index contributed by atoms with van der Waals surface area (Å²) in [5, 5.41) is 2.67. The van der Waals surface area contributed by atoms with E-state index >= 15 is 0 Å². The number of thiazole rings is 1. The van der Waals surface area contributed by atoms with E-state index in [2.05, 4.69) is 9.88 Å². The van der Waals surface area contributed by atoms with Gasteiger partial charge in [0.2, 0.25) is 0 Å². The average molecular weight is 381 g/mol. The average Bonchev–Trinajstić information content (AvgIpc) is 3.14. The molecule has 0 unspecified atom stereocenters. The molecule has 0 radical (unpaired) electrons. The summed E-state index contributed by atoms with van der Waals surface area (Å²) in [5.74, 6) is 0.0687. The van der Waals surface area contributed by atoms with Gasteiger partial charge >= 0.3 is 0 Å². The van der Waals surface area contributed by atoms with Crippen LogP contribution in [0.3, 0.4) is 0 Å². The number of carbonyl (C=O) groups excluding carboxylic acids is 1. The van der Waals surface area contributed by atoms with Crippen molar-refractivity contribution < 1.29 is 4.79 Å². The highest BCUT2D eigenvalue weighted by Crippen LogP contribution is 2.24. The first-order chi connectivity index (χ1) is 10.3. The molecule has 1 aromatic heterocycles. The van der Waals surface area contributed by atoms with Gasteiger partial charge in [-0.05, 0) is 19.3 Å². The lowest BCUT2D eigenvalue weighted by Crippen LogP contribution is -2.38. The maximum absolute atomic E-state index is 12.5. The van der Waals surface area contributed by atoms with E-state index in [-0.39, 0.29) is 30.7 Å². The molecule has 3 rings (SSSR count). The van der Waals surface area contributed by atoms with E-state index in [9.17, 15) is 4.79 Å². The van der Waals surface area contributed by atoms with E-state index in [0.29, 0.717) is 12.2 Å². The van der Waals surface area contributed by atoms with Crippen LogP contribution >= 0.6 is 36.2 Å². The maximum atomic E-state index is 12.5. The Kier molecular flexibility index (Phi) is 8.79. The summed E-state index contributed by atoms with van der Waals surface area (Å²) in [6, 6.07) is 0.753. The Morgan fingerprint density at radius 2 is 1.91 bits per heavy atom. The molecule has 1 saturated heterocycles. The predicted octanol–water partition coefficient (Wildman–Crippen LogP) is 2.54. The number of carbonyl (C=O) groups is 1. The fourth-order valence-corrected chi connectivity index (χ4v) is 4.09. The number of hydrogen-bond acceptors (Lipinski definition) is 5. The molecule has 0 bridgehead atoms. The Bertz CT molecular complexity index is 494. The predicted molar refractivity (Wildman–Crippen MR) is 98.9 cm³/mol. The highest BCUT2D eigenvalue weighted by atomic mass is 35.5. The van der Waals surface area contributed by atoms with Crippen molar-refractivity contribution in [1.29, 1.82) is 0 Å². The van der Waals surface area contributed by atoms with Gasteiger partial charge in [0, 0.05) is 44.1 Å². The minimum atomic E-state index is 0. The Hall–Kier alpha value is -0.400. The second-order valence-electron chi connectivity index (χ2n) is 5.95. The number of halogens is 2. The Labute approximate surface area is 154 Å². The van der Waals surface area contributed by atoms with Crippen molar-refractivity contribution in [2.24, 2.45) is 5.73 Å². The smallest absolute Gasteiger partial charge is 0.273 e. The molecule has 1 aliphatic carbocycles. The molecule has 0 atom stereocenters.